The number of hydrogen-bond donors (Lipinski definition) is 1. The minimum Gasteiger partial charge on any atom is -0.307 e. The predicted octanol–water partition coefficient (Wildman–Crippen LogP) is 3.52. The van der Waals surface area contributed by atoms with E-state index in [0.29, 0.717) is 11.8 Å². The van der Waals surface area contributed by atoms with Crippen LogP contribution in [0.1, 0.15) is 5.82 Å². The van der Waals surface area contributed by atoms with Crippen LogP contribution < -0.4 is 5.32 Å². The summed E-state index contributed by atoms with van der Waals surface area (Å²) < 4.78 is 3.76. The molecule has 1 aromatic carbocycles. The van der Waals surface area contributed by atoms with E-state index in [1.54, 1.807) is 10.7 Å². The van der Waals surface area contributed by atoms with Crippen LogP contribution >= 0.6 is 0 Å². The van der Waals surface area contributed by atoms with Gasteiger partial charge in [0.05, 0.1) is 5.52 Å². The smallest absolute Gasteiger partial charge is 0.248 e. The van der Waals surface area contributed by atoms with Gasteiger partial charge in [-0.25, -0.2) is 9.97 Å². The minimum atomic E-state index is 0.498. The first-order valence-electron chi connectivity index (χ1n) is 8.27. The SMILES string of the molecule is Cc1nccn1-c1cccc2nc(Nc3ccc4ccccc4n3)nn12. The van der Waals surface area contributed by atoms with Crippen LogP contribution in [0.25, 0.3) is 22.4 Å². The number of aromatic nitrogens is 6. The number of nitrogens with one attached hydrogen (secondary N) is 1. The van der Waals surface area contributed by atoms with Gasteiger partial charge >= 0.3 is 0 Å². The summed E-state index contributed by atoms with van der Waals surface area (Å²) in [4.78, 5) is 13.4. The molecule has 0 unspecified atom stereocenters. The maximum Gasteiger partial charge on any atom is 0.248 e. The molecule has 1 N–H and O–H groups in total. The maximum absolute atomic E-state index is 4.61. The van der Waals surface area contributed by atoms with Crippen LogP contribution in [0.2, 0.25) is 0 Å². The van der Waals surface area contributed by atoms with Crippen molar-refractivity contribution in [2.24, 2.45) is 0 Å². The number of imidazole rings is 1. The summed E-state index contributed by atoms with van der Waals surface area (Å²) in [5, 5.41) is 8.88. The third-order valence-corrected chi connectivity index (χ3v) is 4.25. The van der Waals surface area contributed by atoms with E-state index in [-0.39, 0.29) is 0 Å². The van der Waals surface area contributed by atoms with Gasteiger partial charge in [0.15, 0.2) is 5.65 Å². The number of fused-ring (bicyclic) bond motifs is 2. The largest absolute Gasteiger partial charge is 0.307 e. The fourth-order valence-corrected chi connectivity index (χ4v) is 3.00. The number of hydrogen-bond acceptors (Lipinski definition) is 5. The van der Waals surface area contributed by atoms with Crippen molar-refractivity contribution in [1.82, 2.24) is 29.1 Å². The molecule has 0 spiro atoms. The summed E-state index contributed by atoms with van der Waals surface area (Å²) in [5.74, 6) is 2.97. The number of pyridine rings is 2. The Morgan fingerprint density at radius 1 is 0.923 bits per heavy atom. The molecule has 7 heteroatoms. The van der Waals surface area contributed by atoms with E-state index >= 15 is 0 Å². The Balaban J connectivity index is 1.56. The molecule has 0 bridgehead atoms. The van der Waals surface area contributed by atoms with E-state index in [9.17, 15) is 0 Å². The van der Waals surface area contributed by atoms with Gasteiger partial charge in [-0.15, -0.1) is 5.10 Å². The summed E-state index contributed by atoms with van der Waals surface area (Å²) in [6, 6.07) is 17.8. The molecule has 0 saturated carbocycles. The Hall–Kier alpha value is -3.74. The molecule has 0 aliphatic carbocycles. The lowest BCUT2D eigenvalue weighted by molar-refractivity contribution is 0.845. The van der Waals surface area contributed by atoms with Crippen molar-refractivity contribution < 1.29 is 0 Å². The fourth-order valence-electron chi connectivity index (χ4n) is 3.00. The van der Waals surface area contributed by atoms with Gasteiger partial charge in [-0.2, -0.15) is 9.50 Å². The number of rotatable bonds is 3. The van der Waals surface area contributed by atoms with E-state index in [1.165, 1.54) is 0 Å². The quantitative estimate of drug-likeness (QED) is 0.543. The molecule has 4 heterocycles. The first-order chi connectivity index (χ1) is 12.8. The standard InChI is InChI=1S/C19H15N7/c1-13-20-11-12-25(13)18-8-4-7-17-23-19(24-26(17)18)22-16-10-9-14-5-2-3-6-15(14)21-16/h2-12H,1H3,(H,21,22,24). The van der Waals surface area contributed by atoms with Crippen molar-refractivity contribution in [3.8, 4) is 5.82 Å². The molecular formula is C19H15N7. The summed E-state index contributed by atoms with van der Waals surface area (Å²) in [6.45, 7) is 1.95. The highest BCUT2D eigenvalue weighted by Gasteiger charge is 2.10. The Labute approximate surface area is 149 Å². The van der Waals surface area contributed by atoms with Crippen LogP contribution in [0.3, 0.4) is 0 Å². The van der Waals surface area contributed by atoms with Crippen molar-refractivity contribution >= 4 is 28.3 Å². The van der Waals surface area contributed by atoms with Gasteiger partial charge < -0.3 is 5.32 Å². The van der Waals surface area contributed by atoms with Gasteiger partial charge in [0.2, 0.25) is 5.95 Å². The van der Waals surface area contributed by atoms with Crippen molar-refractivity contribution in [3.63, 3.8) is 0 Å². The Bertz CT molecular complexity index is 1240. The highest BCUT2D eigenvalue weighted by molar-refractivity contribution is 5.80. The zero-order valence-electron chi connectivity index (χ0n) is 14.0. The molecule has 0 saturated heterocycles. The van der Waals surface area contributed by atoms with Gasteiger partial charge in [-0.05, 0) is 37.3 Å². The van der Waals surface area contributed by atoms with Gasteiger partial charge in [0, 0.05) is 17.8 Å². The lowest BCUT2D eigenvalue weighted by Crippen LogP contribution is -2.04. The molecule has 0 aliphatic rings. The normalized spacial score (nSPS) is 11.3. The topological polar surface area (TPSA) is 72.9 Å². The van der Waals surface area contributed by atoms with Crippen LogP contribution in [-0.4, -0.2) is 29.1 Å². The third-order valence-electron chi connectivity index (χ3n) is 4.25. The van der Waals surface area contributed by atoms with Gasteiger partial charge in [-0.1, -0.05) is 24.3 Å². The molecule has 0 fully saturated rings. The Morgan fingerprint density at radius 3 is 2.73 bits per heavy atom. The Morgan fingerprint density at radius 2 is 1.85 bits per heavy atom. The van der Waals surface area contributed by atoms with Crippen LogP contribution in [0.4, 0.5) is 11.8 Å². The van der Waals surface area contributed by atoms with Gasteiger partial charge in [0.25, 0.3) is 0 Å². The average molecular weight is 341 g/mol. The van der Waals surface area contributed by atoms with Crippen molar-refractivity contribution in [3.05, 3.63) is 72.8 Å². The van der Waals surface area contributed by atoms with E-state index in [0.717, 1.165) is 28.2 Å². The van der Waals surface area contributed by atoms with Crippen LogP contribution in [0.5, 0.6) is 0 Å². The summed E-state index contributed by atoms with van der Waals surface area (Å²) in [6.07, 6.45) is 3.67. The number of nitrogens with zero attached hydrogens (tertiary/aromatic N) is 6. The van der Waals surface area contributed by atoms with E-state index < -0.39 is 0 Å². The van der Waals surface area contributed by atoms with E-state index in [2.05, 4.69) is 25.4 Å². The van der Waals surface area contributed by atoms with Crippen molar-refractivity contribution in [1.29, 1.82) is 0 Å². The number of para-hydroxylation sites is 1. The zero-order chi connectivity index (χ0) is 17.5. The monoisotopic (exact) mass is 341 g/mol. The van der Waals surface area contributed by atoms with E-state index in [1.807, 2.05) is 72.3 Å². The van der Waals surface area contributed by atoms with Crippen LogP contribution in [-0.2, 0) is 0 Å². The number of benzene rings is 1. The minimum absolute atomic E-state index is 0.498. The molecule has 126 valence electrons. The molecule has 4 aromatic heterocycles. The molecule has 0 amide bonds. The van der Waals surface area contributed by atoms with Crippen LogP contribution in [0.15, 0.2) is 67.0 Å². The first kappa shape index (κ1) is 14.6. The second-order valence-corrected chi connectivity index (χ2v) is 5.95. The molecule has 7 nitrogen and oxygen atoms in total. The Kier molecular flexibility index (Phi) is 3.18. The number of aryl methyl sites for hydroxylation is 1. The second kappa shape index (κ2) is 5.66. The van der Waals surface area contributed by atoms with Crippen LogP contribution in [0, 0.1) is 6.92 Å². The molecule has 0 aliphatic heterocycles. The van der Waals surface area contributed by atoms with Crippen molar-refractivity contribution in [2.45, 2.75) is 6.92 Å². The van der Waals surface area contributed by atoms with Gasteiger partial charge in [-0.3, -0.25) is 4.57 Å². The lowest BCUT2D eigenvalue weighted by Gasteiger charge is -2.06. The zero-order valence-corrected chi connectivity index (χ0v) is 14.0. The lowest BCUT2D eigenvalue weighted by atomic mass is 10.2. The second-order valence-electron chi connectivity index (χ2n) is 5.95. The highest BCUT2D eigenvalue weighted by Crippen LogP contribution is 2.19. The molecule has 26 heavy (non-hydrogen) atoms. The van der Waals surface area contributed by atoms with E-state index in [4.69, 9.17) is 0 Å². The number of anilines is 2. The fraction of sp³-hybridized carbons (Fsp3) is 0.0526. The molecule has 0 radical (unpaired) electrons. The molecular weight excluding hydrogens is 326 g/mol. The molecule has 5 rings (SSSR count). The average Bonchev–Trinajstić information content (AvgIpc) is 3.27. The van der Waals surface area contributed by atoms with Gasteiger partial charge in [0.1, 0.15) is 17.5 Å². The molecule has 0 atom stereocenters. The molecule has 5 aromatic rings. The summed E-state index contributed by atoms with van der Waals surface area (Å²) >= 11 is 0. The predicted molar refractivity (Wildman–Crippen MR) is 99.9 cm³/mol. The van der Waals surface area contributed by atoms with Crippen molar-refractivity contribution in [2.75, 3.05) is 5.32 Å². The summed E-state index contributed by atoms with van der Waals surface area (Å²) in [5.41, 5.74) is 1.68. The first-order valence-corrected chi connectivity index (χ1v) is 8.27. The maximum atomic E-state index is 4.61. The highest BCUT2D eigenvalue weighted by atomic mass is 15.4. The third kappa shape index (κ3) is 2.37. The summed E-state index contributed by atoms with van der Waals surface area (Å²) in [7, 11) is 0.